The SMILES string of the molecule is COCCC(C)Nc1cnc(C)c(C)n1. The van der Waals surface area contributed by atoms with Gasteiger partial charge in [0, 0.05) is 19.8 Å². The van der Waals surface area contributed by atoms with Crippen LogP contribution in [0.3, 0.4) is 0 Å². The minimum absolute atomic E-state index is 0.348. The van der Waals surface area contributed by atoms with Crippen molar-refractivity contribution in [2.24, 2.45) is 0 Å². The molecule has 1 atom stereocenters. The lowest BCUT2D eigenvalue weighted by molar-refractivity contribution is 0.191. The second-order valence-corrected chi connectivity index (χ2v) is 3.75. The maximum Gasteiger partial charge on any atom is 0.145 e. The third-order valence-electron chi connectivity index (χ3n) is 2.34. The van der Waals surface area contributed by atoms with Gasteiger partial charge < -0.3 is 10.1 Å². The van der Waals surface area contributed by atoms with Crippen molar-refractivity contribution in [1.29, 1.82) is 0 Å². The van der Waals surface area contributed by atoms with Gasteiger partial charge in [0.2, 0.25) is 0 Å². The van der Waals surface area contributed by atoms with Crippen molar-refractivity contribution >= 4 is 5.82 Å². The molecule has 84 valence electrons. The van der Waals surface area contributed by atoms with Crippen molar-refractivity contribution in [1.82, 2.24) is 9.97 Å². The van der Waals surface area contributed by atoms with Crippen molar-refractivity contribution < 1.29 is 4.74 Å². The summed E-state index contributed by atoms with van der Waals surface area (Å²) in [4.78, 5) is 8.66. The standard InChI is InChI=1S/C11H19N3O/c1-8(5-6-15-4)13-11-7-12-9(2)10(3)14-11/h7-8H,5-6H2,1-4H3,(H,13,14). The molecule has 1 heterocycles. The molecule has 0 saturated carbocycles. The largest absolute Gasteiger partial charge is 0.385 e. The van der Waals surface area contributed by atoms with Crippen LogP contribution in [0.4, 0.5) is 5.82 Å². The summed E-state index contributed by atoms with van der Waals surface area (Å²) in [6.45, 7) is 6.79. The molecule has 1 unspecified atom stereocenters. The molecule has 0 bridgehead atoms. The summed E-state index contributed by atoms with van der Waals surface area (Å²) in [7, 11) is 1.71. The van der Waals surface area contributed by atoms with Gasteiger partial charge in [-0.2, -0.15) is 0 Å². The number of methoxy groups -OCH3 is 1. The molecule has 1 aromatic heterocycles. The zero-order chi connectivity index (χ0) is 11.3. The smallest absolute Gasteiger partial charge is 0.145 e. The van der Waals surface area contributed by atoms with E-state index in [2.05, 4.69) is 22.2 Å². The summed E-state index contributed by atoms with van der Waals surface area (Å²) in [5.41, 5.74) is 1.95. The summed E-state index contributed by atoms with van der Waals surface area (Å²) in [6, 6.07) is 0.348. The van der Waals surface area contributed by atoms with E-state index < -0.39 is 0 Å². The van der Waals surface area contributed by atoms with Crippen LogP contribution >= 0.6 is 0 Å². The van der Waals surface area contributed by atoms with E-state index in [1.807, 2.05) is 13.8 Å². The third kappa shape index (κ3) is 3.83. The first-order valence-electron chi connectivity index (χ1n) is 5.19. The molecule has 0 spiro atoms. The lowest BCUT2D eigenvalue weighted by Gasteiger charge is -2.14. The van der Waals surface area contributed by atoms with E-state index in [-0.39, 0.29) is 0 Å². The van der Waals surface area contributed by atoms with E-state index in [1.165, 1.54) is 0 Å². The Kier molecular flexibility index (Phi) is 4.49. The van der Waals surface area contributed by atoms with Crippen molar-refractivity contribution in [2.75, 3.05) is 19.0 Å². The van der Waals surface area contributed by atoms with Gasteiger partial charge >= 0.3 is 0 Å². The number of nitrogens with one attached hydrogen (secondary N) is 1. The molecule has 4 heteroatoms. The monoisotopic (exact) mass is 209 g/mol. The summed E-state index contributed by atoms with van der Waals surface area (Å²) >= 11 is 0. The molecule has 0 aliphatic rings. The zero-order valence-corrected chi connectivity index (χ0v) is 9.87. The minimum Gasteiger partial charge on any atom is -0.385 e. The Morgan fingerprint density at radius 3 is 2.73 bits per heavy atom. The number of aromatic nitrogens is 2. The number of ether oxygens (including phenoxy) is 1. The minimum atomic E-state index is 0.348. The molecular weight excluding hydrogens is 190 g/mol. The fraction of sp³-hybridized carbons (Fsp3) is 0.636. The highest BCUT2D eigenvalue weighted by Crippen LogP contribution is 2.08. The van der Waals surface area contributed by atoms with Gasteiger partial charge in [-0.3, -0.25) is 4.98 Å². The Bertz CT molecular complexity index is 315. The Morgan fingerprint density at radius 2 is 2.13 bits per heavy atom. The predicted octanol–water partition coefficient (Wildman–Crippen LogP) is 1.93. The number of hydrogen-bond donors (Lipinski definition) is 1. The fourth-order valence-electron chi connectivity index (χ4n) is 1.23. The van der Waals surface area contributed by atoms with E-state index in [4.69, 9.17) is 4.74 Å². The van der Waals surface area contributed by atoms with Gasteiger partial charge in [0.15, 0.2) is 0 Å². The van der Waals surface area contributed by atoms with E-state index in [0.29, 0.717) is 6.04 Å². The number of rotatable bonds is 5. The number of aryl methyl sites for hydroxylation is 2. The van der Waals surface area contributed by atoms with Crippen LogP contribution in [0.25, 0.3) is 0 Å². The number of anilines is 1. The van der Waals surface area contributed by atoms with Crippen LogP contribution in [0.5, 0.6) is 0 Å². The predicted molar refractivity (Wildman–Crippen MR) is 61.1 cm³/mol. The Balaban J connectivity index is 2.53. The molecule has 4 nitrogen and oxygen atoms in total. The van der Waals surface area contributed by atoms with E-state index in [0.717, 1.165) is 30.2 Å². The van der Waals surface area contributed by atoms with Crippen LogP contribution < -0.4 is 5.32 Å². The molecule has 15 heavy (non-hydrogen) atoms. The molecule has 1 N–H and O–H groups in total. The topological polar surface area (TPSA) is 47.0 Å². The van der Waals surface area contributed by atoms with E-state index in [9.17, 15) is 0 Å². The lowest BCUT2D eigenvalue weighted by atomic mass is 10.2. The van der Waals surface area contributed by atoms with Gasteiger partial charge in [-0.25, -0.2) is 4.98 Å². The summed E-state index contributed by atoms with van der Waals surface area (Å²) < 4.78 is 5.02. The van der Waals surface area contributed by atoms with Crippen LogP contribution in [0.1, 0.15) is 24.7 Å². The van der Waals surface area contributed by atoms with Gasteiger partial charge in [0.1, 0.15) is 5.82 Å². The first-order chi connectivity index (χ1) is 7.13. The zero-order valence-electron chi connectivity index (χ0n) is 9.87. The first-order valence-corrected chi connectivity index (χ1v) is 5.19. The van der Waals surface area contributed by atoms with Gasteiger partial charge in [-0.05, 0) is 27.2 Å². The molecule has 1 rings (SSSR count). The Morgan fingerprint density at radius 1 is 1.40 bits per heavy atom. The highest BCUT2D eigenvalue weighted by molar-refractivity contribution is 5.34. The highest BCUT2D eigenvalue weighted by atomic mass is 16.5. The molecule has 0 fully saturated rings. The molecule has 0 aliphatic heterocycles. The van der Waals surface area contributed by atoms with Gasteiger partial charge in [-0.1, -0.05) is 0 Å². The highest BCUT2D eigenvalue weighted by Gasteiger charge is 2.04. The normalized spacial score (nSPS) is 12.5. The van der Waals surface area contributed by atoms with Gasteiger partial charge in [-0.15, -0.1) is 0 Å². The van der Waals surface area contributed by atoms with Crippen molar-refractivity contribution in [2.45, 2.75) is 33.2 Å². The molecule has 0 radical (unpaired) electrons. The second kappa shape index (κ2) is 5.66. The van der Waals surface area contributed by atoms with Gasteiger partial charge in [0.05, 0.1) is 17.6 Å². The molecule has 1 aromatic rings. The van der Waals surface area contributed by atoms with Crippen LogP contribution in [0, 0.1) is 13.8 Å². The molecular formula is C11H19N3O. The maximum absolute atomic E-state index is 5.02. The van der Waals surface area contributed by atoms with Crippen LogP contribution in [-0.2, 0) is 4.74 Å². The summed E-state index contributed by atoms with van der Waals surface area (Å²) in [6.07, 6.45) is 2.73. The number of nitrogens with zero attached hydrogens (tertiary/aromatic N) is 2. The molecule has 0 amide bonds. The Hall–Kier alpha value is -1.16. The van der Waals surface area contributed by atoms with E-state index in [1.54, 1.807) is 13.3 Å². The van der Waals surface area contributed by atoms with Crippen LogP contribution in [-0.4, -0.2) is 29.7 Å². The molecule has 0 aliphatic carbocycles. The third-order valence-corrected chi connectivity index (χ3v) is 2.34. The second-order valence-electron chi connectivity index (χ2n) is 3.75. The maximum atomic E-state index is 5.02. The van der Waals surface area contributed by atoms with Crippen LogP contribution in [0.15, 0.2) is 6.20 Å². The lowest BCUT2D eigenvalue weighted by Crippen LogP contribution is -2.18. The molecule has 0 aromatic carbocycles. The summed E-state index contributed by atoms with van der Waals surface area (Å²) in [5, 5.41) is 3.29. The molecule has 0 saturated heterocycles. The Labute approximate surface area is 91.1 Å². The van der Waals surface area contributed by atoms with Crippen molar-refractivity contribution in [3.05, 3.63) is 17.6 Å². The quantitative estimate of drug-likeness (QED) is 0.805. The average Bonchev–Trinajstić information content (AvgIpc) is 2.20. The van der Waals surface area contributed by atoms with E-state index >= 15 is 0 Å². The summed E-state index contributed by atoms with van der Waals surface area (Å²) in [5.74, 6) is 0.835. The fourth-order valence-corrected chi connectivity index (χ4v) is 1.23. The van der Waals surface area contributed by atoms with Crippen molar-refractivity contribution in [3.8, 4) is 0 Å². The average molecular weight is 209 g/mol. The van der Waals surface area contributed by atoms with Crippen molar-refractivity contribution in [3.63, 3.8) is 0 Å². The number of hydrogen-bond acceptors (Lipinski definition) is 4. The first kappa shape index (κ1) is 11.9. The van der Waals surface area contributed by atoms with Gasteiger partial charge in [0.25, 0.3) is 0 Å². The van der Waals surface area contributed by atoms with Crippen LogP contribution in [0.2, 0.25) is 0 Å².